The van der Waals surface area contributed by atoms with Crippen LogP contribution in [0.2, 0.25) is 0 Å². The lowest BCUT2D eigenvalue weighted by atomic mass is 10.0. The summed E-state index contributed by atoms with van der Waals surface area (Å²) in [6.07, 6.45) is 2.92. The molecule has 1 aromatic carbocycles. The van der Waals surface area contributed by atoms with Crippen LogP contribution in [0.25, 0.3) is 22.4 Å². The number of aromatic nitrogens is 3. The molecule has 0 radical (unpaired) electrons. The van der Waals surface area contributed by atoms with Crippen LogP contribution in [0.1, 0.15) is 25.5 Å². The Labute approximate surface area is 133 Å². The second kappa shape index (κ2) is 5.08. The van der Waals surface area contributed by atoms with Crippen LogP contribution >= 0.6 is 0 Å². The molecule has 1 unspecified atom stereocenters. The summed E-state index contributed by atoms with van der Waals surface area (Å²) in [6, 6.07) is 7.79. The van der Waals surface area contributed by atoms with Gasteiger partial charge in [-0.3, -0.25) is 9.88 Å². The molecule has 0 aliphatic carbocycles. The summed E-state index contributed by atoms with van der Waals surface area (Å²) in [6.45, 7) is 4.37. The van der Waals surface area contributed by atoms with Crippen LogP contribution in [0.15, 0.2) is 36.7 Å². The summed E-state index contributed by atoms with van der Waals surface area (Å²) in [4.78, 5) is 25.7. The summed E-state index contributed by atoms with van der Waals surface area (Å²) in [5.41, 5.74) is 4.52. The molecule has 6 nitrogen and oxygen atoms in total. The van der Waals surface area contributed by atoms with Gasteiger partial charge in [0.15, 0.2) is 0 Å². The molecule has 3 heterocycles. The maximum Gasteiger partial charge on any atom is 0.414 e. The lowest BCUT2D eigenvalue weighted by Gasteiger charge is -2.31. The number of imidazole rings is 1. The molecule has 116 valence electrons. The van der Waals surface area contributed by atoms with Crippen molar-refractivity contribution in [1.82, 2.24) is 15.0 Å². The quantitative estimate of drug-likeness (QED) is 0.784. The number of pyridine rings is 1. The zero-order valence-electron chi connectivity index (χ0n) is 12.9. The lowest BCUT2D eigenvalue weighted by molar-refractivity contribution is 0.108. The largest absolute Gasteiger partial charge is 0.441 e. The van der Waals surface area contributed by atoms with Crippen molar-refractivity contribution in [3.05, 3.63) is 42.2 Å². The Bertz CT molecular complexity index is 888. The number of carbonyl (C=O) groups is 1. The molecule has 3 aromatic rings. The molecule has 0 saturated heterocycles. The van der Waals surface area contributed by atoms with E-state index in [9.17, 15) is 4.79 Å². The van der Waals surface area contributed by atoms with Crippen LogP contribution in [0.4, 0.5) is 10.5 Å². The number of cyclic esters (lactones) is 1. The van der Waals surface area contributed by atoms with Crippen LogP contribution in [0.3, 0.4) is 0 Å². The van der Waals surface area contributed by atoms with E-state index in [1.54, 1.807) is 17.3 Å². The molecule has 4 rings (SSSR count). The fourth-order valence-electron chi connectivity index (χ4n) is 2.94. The van der Waals surface area contributed by atoms with E-state index in [-0.39, 0.29) is 12.2 Å². The van der Waals surface area contributed by atoms with E-state index in [0.29, 0.717) is 6.54 Å². The van der Waals surface area contributed by atoms with Gasteiger partial charge in [-0.2, -0.15) is 0 Å². The van der Waals surface area contributed by atoms with Crippen LogP contribution in [0, 0.1) is 0 Å². The van der Waals surface area contributed by atoms with Gasteiger partial charge in [-0.15, -0.1) is 0 Å². The predicted molar refractivity (Wildman–Crippen MR) is 87.2 cm³/mol. The molecule has 1 atom stereocenters. The normalized spacial score (nSPS) is 17.2. The zero-order valence-corrected chi connectivity index (χ0v) is 12.9. The van der Waals surface area contributed by atoms with Crippen LogP contribution in [-0.2, 0) is 4.74 Å². The molecule has 0 fully saturated rings. The number of aromatic amines is 1. The number of amides is 1. The number of hydrogen-bond acceptors (Lipinski definition) is 4. The highest BCUT2D eigenvalue weighted by Gasteiger charge is 2.30. The molecular formula is C17H16N4O2. The number of nitrogens with zero attached hydrogens (tertiary/aromatic N) is 3. The second-order valence-corrected chi connectivity index (χ2v) is 5.53. The number of fused-ring (bicyclic) bond motifs is 2. The van der Waals surface area contributed by atoms with Gasteiger partial charge in [0, 0.05) is 30.1 Å². The second-order valence-electron chi connectivity index (χ2n) is 5.53. The fourth-order valence-corrected chi connectivity index (χ4v) is 2.94. The van der Waals surface area contributed by atoms with Crippen molar-refractivity contribution < 1.29 is 9.53 Å². The summed E-state index contributed by atoms with van der Waals surface area (Å²) in [5.74, 6) is 0.762. The number of hydrogen-bond donors (Lipinski definition) is 1. The maximum atomic E-state index is 12.0. The molecular weight excluding hydrogens is 292 g/mol. The average molecular weight is 308 g/mol. The number of nitrogens with one attached hydrogen (secondary N) is 1. The average Bonchev–Trinajstić information content (AvgIpc) is 2.98. The minimum Gasteiger partial charge on any atom is -0.441 e. The van der Waals surface area contributed by atoms with E-state index in [4.69, 9.17) is 4.74 Å². The van der Waals surface area contributed by atoms with E-state index >= 15 is 0 Å². The molecule has 6 heteroatoms. The van der Waals surface area contributed by atoms with Crippen molar-refractivity contribution in [1.29, 1.82) is 0 Å². The molecule has 23 heavy (non-hydrogen) atoms. The number of rotatable bonds is 2. The molecule has 1 N–H and O–H groups in total. The Kier molecular flexibility index (Phi) is 3.04. The van der Waals surface area contributed by atoms with Crippen molar-refractivity contribution in [2.45, 2.75) is 20.0 Å². The van der Waals surface area contributed by atoms with Crippen molar-refractivity contribution in [3.63, 3.8) is 0 Å². The van der Waals surface area contributed by atoms with Gasteiger partial charge in [-0.1, -0.05) is 0 Å². The monoisotopic (exact) mass is 308 g/mol. The third-order valence-electron chi connectivity index (χ3n) is 4.11. The van der Waals surface area contributed by atoms with Crippen LogP contribution in [0.5, 0.6) is 0 Å². The van der Waals surface area contributed by atoms with Crippen molar-refractivity contribution in [2.24, 2.45) is 0 Å². The summed E-state index contributed by atoms with van der Waals surface area (Å²) in [5, 5.41) is 0. The van der Waals surface area contributed by atoms with Crippen molar-refractivity contribution in [3.8, 4) is 11.4 Å². The Balaban J connectivity index is 1.89. The SMILES string of the molecule is CCN1C(=O)OC(C)c2cc3[nH]c(-c4cccnc4)nc3cc21. The minimum atomic E-state index is -0.310. The molecule has 1 amide bonds. The van der Waals surface area contributed by atoms with Gasteiger partial charge in [0.2, 0.25) is 0 Å². The molecule has 0 bridgehead atoms. The van der Waals surface area contributed by atoms with Crippen LogP contribution in [-0.4, -0.2) is 27.6 Å². The van der Waals surface area contributed by atoms with E-state index in [0.717, 1.165) is 33.7 Å². The standard InChI is InChI=1S/C17H16N4O2/c1-3-21-15-8-14-13(7-12(15)10(2)23-17(21)22)19-16(20-14)11-5-4-6-18-9-11/h4-10H,3H2,1-2H3,(H,19,20). The first kappa shape index (κ1) is 13.8. The van der Waals surface area contributed by atoms with Gasteiger partial charge in [-0.25, -0.2) is 9.78 Å². The third kappa shape index (κ3) is 2.14. The summed E-state index contributed by atoms with van der Waals surface area (Å²) in [7, 11) is 0. The van der Waals surface area contributed by atoms with Crippen LogP contribution < -0.4 is 4.90 Å². The number of benzene rings is 1. The van der Waals surface area contributed by atoms with Crippen molar-refractivity contribution in [2.75, 3.05) is 11.4 Å². The van der Waals surface area contributed by atoms with Gasteiger partial charge in [0.1, 0.15) is 11.9 Å². The Morgan fingerprint density at radius 1 is 1.39 bits per heavy atom. The Hall–Kier alpha value is -2.89. The first-order valence-corrected chi connectivity index (χ1v) is 7.59. The lowest BCUT2D eigenvalue weighted by Crippen LogP contribution is -2.36. The van der Waals surface area contributed by atoms with Gasteiger partial charge >= 0.3 is 6.09 Å². The smallest absolute Gasteiger partial charge is 0.414 e. The molecule has 2 aromatic heterocycles. The predicted octanol–water partition coefficient (Wildman–Crippen LogP) is 3.66. The summed E-state index contributed by atoms with van der Waals surface area (Å²) >= 11 is 0. The van der Waals surface area contributed by atoms with E-state index in [1.807, 2.05) is 38.1 Å². The molecule has 1 aliphatic heterocycles. The number of anilines is 1. The highest BCUT2D eigenvalue weighted by molar-refractivity contribution is 5.95. The van der Waals surface area contributed by atoms with E-state index < -0.39 is 0 Å². The van der Waals surface area contributed by atoms with Crippen molar-refractivity contribution >= 4 is 22.8 Å². The van der Waals surface area contributed by atoms with Gasteiger partial charge < -0.3 is 9.72 Å². The fraction of sp³-hybridized carbons (Fsp3) is 0.235. The van der Waals surface area contributed by atoms with Gasteiger partial charge in [0.25, 0.3) is 0 Å². The Morgan fingerprint density at radius 2 is 2.26 bits per heavy atom. The minimum absolute atomic E-state index is 0.269. The van der Waals surface area contributed by atoms with Gasteiger partial charge in [-0.05, 0) is 38.1 Å². The third-order valence-corrected chi connectivity index (χ3v) is 4.11. The van der Waals surface area contributed by atoms with E-state index in [2.05, 4.69) is 15.0 Å². The zero-order chi connectivity index (χ0) is 16.0. The first-order chi connectivity index (χ1) is 11.2. The molecule has 1 aliphatic rings. The Morgan fingerprint density at radius 3 is 3.00 bits per heavy atom. The number of carbonyl (C=O) groups excluding carboxylic acids is 1. The summed E-state index contributed by atoms with van der Waals surface area (Å²) < 4.78 is 5.40. The highest BCUT2D eigenvalue weighted by Crippen LogP contribution is 2.37. The topological polar surface area (TPSA) is 71.1 Å². The number of H-pyrrole nitrogens is 1. The molecule has 0 spiro atoms. The van der Waals surface area contributed by atoms with E-state index in [1.165, 1.54) is 0 Å². The highest BCUT2D eigenvalue weighted by atomic mass is 16.6. The first-order valence-electron chi connectivity index (χ1n) is 7.59. The molecule has 0 saturated carbocycles. The number of ether oxygens (including phenoxy) is 1. The van der Waals surface area contributed by atoms with Gasteiger partial charge in [0.05, 0.1) is 16.7 Å². The maximum absolute atomic E-state index is 12.0.